The van der Waals surface area contributed by atoms with Gasteiger partial charge in [0.15, 0.2) is 0 Å². The van der Waals surface area contributed by atoms with Crippen LogP contribution in [-0.4, -0.2) is 43.6 Å². The van der Waals surface area contributed by atoms with Crippen molar-refractivity contribution in [3.05, 3.63) is 52.9 Å². The van der Waals surface area contributed by atoms with Crippen molar-refractivity contribution in [3.63, 3.8) is 0 Å². The Morgan fingerprint density at radius 3 is 2.86 bits per heavy atom. The Morgan fingerprint density at radius 2 is 2.14 bits per heavy atom. The molecule has 0 aliphatic carbocycles. The zero-order chi connectivity index (χ0) is 20.4. The molecule has 0 bridgehead atoms. The summed E-state index contributed by atoms with van der Waals surface area (Å²) in [6, 6.07) is 10.0. The van der Waals surface area contributed by atoms with Gasteiger partial charge in [0.1, 0.15) is 15.7 Å². The van der Waals surface area contributed by atoms with Crippen LogP contribution in [0.2, 0.25) is 0 Å². The molecule has 1 N–H and O–H groups in total. The van der Waals surface area contributed by atoms with E-state index in [4.69, 9.17) is 0 Å². The topological polar surface area (TPSA) is 91.7 Å². The van der Waals surface area contributed by atoms with Gasteiger partial charge in [0.05, 0.1) is 16.0 Å². The molecule has 1 aromatic carbocycles. The highest BCUT2D eigenvalue weighted by Gasteiger charge is 2.21. The first kappa shape index (κ1) is 19.7. The number of benzene rings is 1. The number of carbonyl (C=O) groups is 1. The number of aromatic nitrogens is 1. The van der Waals surface area contributed by atoms with Crippen molar-refractivity contribution in [2.24, 2.45) is 4.40 Å². The van der Waals surface area contributed by atoms with E-state index in [1.807, 2.05) is 29.5 Å². The van der Waals surface area contributed by atoms with Crippen LogP contribution in [0.3, 0.4) is 0 Å². The summed E-state index contributed by atoms with van der Waals surface area (Å²) in [5.41, 5.74) is 0.391. The van der Waals surface area contributed by atoms with E-state index in [9.17, 15) is 13.2 Å². The van der Waals surface area contributed by atoms with Gasteiger partial charge >= 0.3 is 0 Å². The van der Waals surface area contributed by atoms with Crippen molar-refractivity contribution in [3.8, 4) is 9.88 Å². The van der Waals surface area contributed by atoms with E-state index in [1.54, 1.807) is 23.5 Å². The molecule has 10 heteroatoms. The lowest BCUT2D eigenvalue weighted by molar-refractivity contribution is 0.103. The maximum atomic E-state index is 12.6. The summed E-state index contributed by atoms with van der Waals surface area (Å²) in [5, 5.41) is 5.47. The second kappa shape index (κ2) is 8.05. The SMILES string of the molecule is CN1CCC/C1=N\S(=O)(=O)c1cccc(NC(=O)c2cnc(-c3cccs3)s2)c1. The smallest absolute Gasteiger partial charge is 0.284 e. The van der Waals surface area contributed by atoms with Crippen molar-refractivity contribution < 1.29 is 13.2 Å². The zero-order valence-electron chi connectivity index (χ0n) is 15.5. The maximum Gasteiger partial charge on any atom is 0.284 e. The molecule has 1 amide bonds. The molecule has 1 saturated heterocycles. The van der Waals surface area contributed by atoms with Crippen molar-refractivity contribution in [2.75, 3.05) is 18.9 Å². The van der Waals surface area contributed by atoms with E-state index < -0.39 is 10.0 Å². The number of nitrogens with one attached hydrogen (secondary N) is 1. The molecular weight excluding hydrogens is 428 g/mol. The van der Waals surface area contributed by atoms with Crippen molar-refractivity contribution in [2.45, 2.75) is 17.7 Å². The molecule has 150 valence electrons. The molecule has 0 unspecified atom stereocenters. The fourth-order valence-electron chi connectivity index (χ4n) is 2.92. The first-order valence-electron chi connectivity index (χ1n) is 8.88. The van der Waals surface area contributed by atoms with Gasteiger partial charge in [-0.15, -0.1) is 27.1 Å². The predicted octanol–water partition coefficient (Wildman–Crippen LogP) is 3.94. The Hall–Kier alpha value is -2.56. The standard InChI is InChI=1S/C19H18N4O3S3/c1-23-9-3-8-17(23)22-29(25,26)14-6-2-5-13(11-14)21-18(24)16-12-20-19(28-16)15-7-4-10-27-15/h2,4-7,10-12H,3,8-9H2,1H3,(H,21,24)/b22-17+. The minimum Gasteiger partial charge on any atom is -0.362 e. The van der Waals surface area contributed by atoms with E-state index in [2.05, 4.69) is 14.7 Å². The number of rotatable bonds is 5. The van der Waals surface area contributed by atoms with Crippen LogP contribution in [0.1, 0.15) is 22.5 Å². The summed E-state index contributed by atoms with van der Waals surface area (Å²) >= 11 is 2.85. The molecule has 0 atom stereocenters. The first-order valence-corrected chi connectivity index (χ1v) is 12.0. The summed E-state index contributed by atoms with van der Waals surface area (Å²) in [4.78, 5) is 20.2. The maximum absolute atomic E-state index is 12.6. The Balaban J connectivity index is 1.52. The number of sulfonamides is 1. The monoisotopic (exact) mass is 446 g/mol. The average molecular weight is 447 g/mol. The Labute approximate surface area is 176 Å². The van der Waals surface area contributed by atoms with E-state index in [1.165, 1.54) is 29.7 Å². The number of thiazole rings is 1. The lowest BCUT2D eigenvalue weighted by Crippen LogP contribution is -2.20. The molecule has 4 rings (SSSR count). The second-order valence-corrected chi connectivity index (χ2v) is 10.1. The van der Waals surface area contributed by atoms with Crippen LogP contribution in [0.5, 0.6) is 0 Å². The normalized spacial score (nSPS) is 15.8. The van der Waals surface area contributed by atoms with Crippen LogP contribution < -0.4 is 5.32 Å². The van der Waals surface area contributed by atoms with Gasteiger partial charge in [-0.25, -0.2) is 4.98 Å². The van der Waals surface area contributed by atoms with Crippen LogP contribution in [0.15, 0.2) is 57.3 Å². The van der Waals surface area contributed by atoms with Crippen LogP contribution >= 0.6 is 22.7 Å². The molecule has 1 fully saturated rings. The molecule has 0 saturated carbocycles. The number of amidine groups is 1. The Bertz CT molecular complexity index is 1170. The predicted molar refractivity (Wildman–Crippen MR) is 116 cm³/mol. The molecule has 29 heavy (non-hydrogen) atoms. The first-order chi connectivity index (χ1) is 13.9. The molecular formula is C19H18N4O3S3. The van der Waals surface area contributed by atoms with E-state index in [-0.39, 0.29) is 10.8 Å². The van der Waals surface area contributed by atoms with E-state index in [0.29, 0.717) is 22.8 Å². The highest BCUT2D eigenvalue weighted by molar-refractivity contribution is 7.90. The number of anilines is 1. The third kappa shape index (κ3) is 4.39. The molecule has 1 aliphatic rings. The van der Waals surface area contributed by atoms with Crippen LogP contribution in [0.25, 0.3) is 9.88 Å². The zero-order valence-corrected chi connectivity index (χ0v) is 18.0. The number of hydrogen-bond donors (Lipinski definition) is 1. The highest BCUT2D eigenvalue weighted by atomic mass is 32.2. The summed E-state index contributed by atoms with van der Waals surface area (Å²) in [5.74, 6) is 0.229. The second-order valence-electron chi connectivity index (χ2n) is 6.50. The largest absolute Gasteiger partial charge is 0.362 e. The number of thiophene rings is 1. The van der Waals surface area contributed by atoms with Gasteiger partial charge in [-0.1, -0.05) is 12.1 Å². The summed E-state index contributed by atoms with van der Waals surface area (Å²) in [6.07, 6.45) is 3.06. The fraction of sp³-hybridized carbons (Fsp3) is 0.211. The third-order valence-electron chi connectivity index (χ3n) is 4.41. The van der Waals surface area contributed by atoms with E-state index >= 15 is 0 Å². The van der Waals surface area contributed by atoms with Gasteiger partial charge < -0.3 is 10.2 Å². The number of likely N-dealkylation sites (tertiary alicyclic amines) is 1. The molecule has 7 nitrogen and oxygen atoms in total. The molecule has 3 aromatic rings. The summed E-state index contributed by atoms with van der Waals surface area (Å²) in [6.45, 7) is 0.798. The highest BCUT2D eigenvalue weighted by Crippen LogP contribution is 2.29. The van der Waals surface area contributed by atoms with Gasteiger partial charge in [-0.2, -0.15) is 8.42 Å². The molecule has 0 radical (unpaired) electrons. The minimum atomic E-state index is -3.84. The number of nitrogens with zero attached hydrogens (tertiary/aromatic N) is 3. The number of amides is 1. The Morgan fingerprint density at radius 1 is 1.28 bits per heavy atom. The van der Waals surface area contributed by atoms with Gasteiger partial charge in [0.2, 0.25) is 0 Å². The lowest BCUT2D eigenvalue weighted by Gasteiger charge is -2.11. The molecule has 0 spiro atoms. The van der Waals surface area contributed by atoms with Crippen LogP contribution in [0.4, 0.5) is 5.69 Å². The van der Waals surface area contributed by atoms with Crippen molar-refractivity contribution >= 4 is 50.1 Å². The van der Waals surface area contributed by atoms with Gasteiger partial charge in [-0.3, -0.25) is 4.79 Å². The molecule has 3 heterocycles. The van der Waals surface area contributed by atoms with Gasteiger partial charge in [-0.05, 0) is 36.1 Å². The average Bonchev–Trinajstić information content (AvgIpc) is 3.44. The summed E-state index contributed by atoms with van der Waals surface area (Å²) in [7, 11) is -2.01. The molecule has 1 aliphatic heterocycles. The molecule has 2 aromatic heterocycles. The van der Waals surface area contributed by atoms with Crippen molar-refractivity contribution in [1.82, 2.24) is 9.88 Å². The van der Waals surface area contributed by atoms with Gasteiger partial charge in [0.25, 0.3) is 15.9 Å². The number of hydrogen-bond acceptors (Lipinski definition) is 6. The lowest BCUT2D eigenvalue weighted by atomic mass is 10.3. The third-order valence-corrected chi connectivity index (χ3v) is 7.75. The fourth-order valence-corrected chi connectivity index (χ4v) is 5.68. The van der Waals surface area contributed by atoms with Crippen LogP contribution in [-0.2, 0) is 10.0 Å². The van der Waals surface area contributed by atoms with Crippen LogP contribution in [0, 0.1) is 0 Å². The minimum absolute atomic E-state index is 0.0479. The van der Waals surface area contributed by atoms with Crippen molar-refractivity contribution in [1.29, 1.82) is 0 Å². The quantitative estimate of drug-likeness (QED) is 0.641. The van der Waals surface area contributed by atoms with Gasteiger partial charge in [0, 0.05) is 25.7 Å². The summed E-state index contributed by atoms with van der Waals surface area (Å²) < 4.78 is 29.3. The number of carbonyl (C=O) groups excluding carboxylic acids is 1. The Kier molecular flexibility index (Phi) is 5.48. The van der Waals surface area contributed by atoms with E-state index in [0.717, 1.165) is 22.9 Å².